The molecule has 1 aliphatic heterocycles. The molecule has 2 atom stereocenters. The molecule has 0 saturated carbocycles. The van der Waals surface area contributed by atoms with Gasteiger partial charge in [-0.15, -0.1) is 0 Å². The van der Waals surface area contributed by atoms with Crippen molar-refractivity contribution in [2.45, 2.75) is 25.8 Å². The van der Waals surface area contributed by atoms with Crippen molar-refractivity contribution in [2.24, 2.45) is 5.92 Å². The van der Waals surface area contributed by atoms with Crippen LogP contribution in [-0.2, 0) is 16.0 Å². The van der Waals surface area contributed by atoms with Gasteiger partial charge in [0, 0.05) is 19.0 Å². The van der Waals surface area contributed by atoms with Crippen LogP contribution in [0.5, 0.6) is 0 Å². The highest BCUT2D eigenvalue weighted by Gasteiger charge is 2.33. The first-order valence-electron chi connectivity index (χ1n) is 6.65. The maximum Gasteiger partial charge on any atom is 0.227 e. The highest BCUT2D eigenvalue weighted by Crippen LogP contribution is 2.13. The molecule has 7 nitrogen and oxygen atoms in total. The Morgan fingerprint density at radius 2 is 2.37 bits per heavy atom. The fraction of sp³-hybridized carbons (Fsp3) is 0.750. The molecule has 1 fully saturated rings. The standard InChI is InChI=1S/C12H20N4O3/c1-2-4-13-10-7-18-6-9(10)12(17)14-5-3-11-15-8-19-16-11/h8-10,13H,2-7H2,1H3,(H,14,17). The summed E-state index contributed by atoms with van der Waals surface area (Å²) in [7, 11) is 0. The summed E-state index contributed by atoms with van der Waals surface area (Å²) < 4.78 is 10.0. The average molecular weight is 268 g/mol. The molecule has 19 heavy (non-hydrogen) atoms. The van der Waals surface area contributed by atoms with Crippen molar-refractivity contribution in [1.82, 2.24) is 20.8 Å². The summed E-state index contributed by atoms with van der Waals surface area (Å²) in [6.07, 6.45) is 2.90. The number of hydrogen-bond donors (Lipinski definition) is 2. The SMILES string of the molecule is CCCNC1COCC1C(=O)NCCc1ncon1. The largest absolute Gasteiger partial charge is 0.379 e. The molecule has 2 heterocycles. The van der Waals surface area contributed by atoms with Crippen LogP contribution in [0.1, 0.15) is 19.2 Å². The van der Waals surface area contributed by atoms with Crippen molar-refractivity contribution >= 4 is 5.91 Å². The molecule has 1 amide bonds. The number of hydrogen-bond acceptors (Lipinski definition) is 6. The van der Waals surface area contributed by atoms with Crippen molar-refractivity contribution in [2.75, 3.05) is 26.3 Å². The number of nitrogens with one attached hydrogen (secondary N) is 2. The van der Waals surface area contributed by atoms with Gasteiger partial charge in [-0.25, -0.2) is 0 Å². The lowest BCUT2D eigenvalue weighted by atomic mass is 10.0. The Morgan fingerprint density at radius 3 is 3.11 bits per heavy atom. The molecule has 0 radical (unpaired) electrons. The minimum absolute atomic E-state index is 0.0228. The smallest absolute Gasteiger partial charge is 0.227 e. The van der Waals surface area contributed by atoms with E-state index in [0.29, 0.717) is 32.0 Å². The lowest BCUT2D eigenvalue weighted by Crippen LogP contribution is -2.44. The third-order valence-electron chi connectivity index (χ3n) is 3.13. The summed E-state index contributed by atoms with van der Waals surface area (Å²) in [6.45, 7) is 4.59. The van der Waals surface area contributed by atoms with Gasteiger partial charge in [-0.1, -0.05) is 12.1 Å². The zero-order valence-electron chi connectivity index (χ0n) is 11.1. The molecular formula is C12H20N4O3. The molecule has 0 aromatic carbocycles. The predicted octanol–water partition coefficient (Wildman–Crippen LogP) is -0.257. The third-order valence-corrected chi connectivity index (χ3v) is 3.13. The van der Waals surface area contributed by atoms with E-state index in [1.54, 1.807) is 0 Å². The van der Waals surface area contributed by atoms with E-state index in [1.807, 2.05) is 0 Å². The first-order chi connectivity index (χ1) is 9.31. The van der Waals surface area contributed by atoms with Crippen LogP contribution in [0, 0.1) is 5.92 Å². The number of nitrogens with zero attached hydrogens (tertiary/aromatic N) is 2. The number of amides is 1. The summed E-state index contributed by atoms with van der Waals surface area (Å²) in [5.74, 6) is 0.509. The second-order valence-corrected chi connectivity index (χ2v) is 4.59. The zero-order chi connectivity index (χ0) is 13.5. The Labute approximate surface area is 112 Å². The van der Waals surface area contributed by atoms with Gasteiger partial charge < -0.3 is 19.9 Å². The van der Waals surface area contributed by atoms with Crippen molar-refractivity contribution in [3.05, 3.63) is 12.2 Å². The highest BCUT2D eigenvalue weighted by atomic mass is 16.5. The van der Waals surface area contributed by atoms with Crippen LogP contribution < -0.4 is 10.6 Å². The van der Waals surface area contributed by atoms with Gasteiger partial charge in [-0.2, -0.15) is 4.98 Å². The van der Waals surface area contributed by atoms with Crippen LogP contribution in [0.3, 0.4) is 0 Å². The Balaban J connectivity index is 1.72. The Morgan fingerprint density at radius 1 is 1.47 bits per heavy atom. The molecule has 0 spiro atoms. The van der Waals surface area contributed by atoms with E-state index in [-0.39, 0.29) is 17.9 Å². The zero-order valence-corrected chi connectivity index (χ0v) is 11.1. The van der Waals surface area contributed by atoms with Gasteiger partial charge >= 0.3 is 0 Å². The summed E-state index contributed by atoms with van der Waals surface area (Å²) in [6, 6.07) is 0.116. The Bertz CT molecular complexity index is 382. The number of carbonyl (C=O) groups is 1. The quantitative estimate of drug-likeness (QED) is 0.708. The van der Waals surface area contributed by atoms with Gasteiger partial charge in [0.15, 0.2) is 5.82 Å². The van der Waals surface area contributed by atoms with Crippen molar-refractivity contribution < 1.29 is 14.1 Å². The summed E-state index contributed by atoms with van der Waals surface area (Å²) in [5.41, 5.74) is 0. The van der Waals surface area contributed by atoms with Crippen molar-refractivity contribution in [1.29, 1.82) is 0 Å². The highest BCUT2D eigenvalue weighted by molar-refractivity contribution is 5.79. The minimum Gasteiger partial charge on any atom is -0.379 e. The molecule has 1 aromatic rings. The van der Waals surface area contributed by atoms with E-state index in [1.165, 1.54) is 6.39 Å². The monoisotopic (exact) mass is 268 g/mol. The van der Waals surface area contributed by atoms with Crippen LogP contribution in [0.4, 0.5) is 0 Å². The minimum atomic E-state index is -0.114. The van der Waals surface area contributed by atoms with E-state index in [2.05, 4.69) is 32.2 Å². The van der Waals surface area contributed by atoms with Crippen LogP contribution in [-0.4, -0.2) is 48.4 Å². The molecule has 106 valence electrons. The molecule has 1 aromatic heterocycles. The predicted molar refractivity (Wildman–Crippen MR) is 67.4 cm³/mol. The molecule has 1 saturated heterocycles. The normalized spacial score (nSPS) is 22.6. The average Bonchev–Trinajstić information content (AvgIpc) is 3.07. The maximum atomic E-state index is 12.1. The molecular weight excluding hydrogens is 248 g/mol. The van der Waals surface area contributed by atoms with E-state index < -0.39 is 0 Å². The van der Waals surface area contributed by atoms with Crippen LogP contribution in [0.2, 0.25) is 0 Å². The van der Waals surface area contributed by atoms with E-state index >= 15 is 0 Å². The van der Waals surface area contributed by atoms with Crippen LogP contribution >= 0.6 is 0 Å². The number of rotatable bonds is 7. The van der Waals surface area contributed by atoms with Gasteiger partial charge in [0.25, 0.3) is 0 Å². The molecule has 0 aliphatic carbocycles. The fourth-order valence-electron chi connectivity index (χ4n) is 2.07. The fourth-order valence-corrected chi connectivity index (χ4v) is 2.07. The van der Waals surface area contributed by atoms with Crippen LogP contribution in [0.15, 0.2) is 10.9 Å². The molecule has 7 heteroatoms. The first-order valence-corrected chi connectivity index (χ1v) is 6.65. The summed E-state index contributed by atoms with van der Waals surface area (Å²) >= 11 is 0. The van der Waals surface area contributed by atoms with Gasteiger partial charge in [0.1, 0.15) is 0 Å². The summed E-state index contributed by atoms with van der Waals surface area (Å²) in [5, 5.41) is 9.92. The lowest BCUT2D eigenvalue weighted by molar-refractivity contribution is -0.125. The van der Waals surface area contributed by atoms with Crippen molar-refractivity contribution in [3.8, 4) is 0 Å². The maximum absolute atomic E-state index is 12.1. The topological polar surface area (TPSA) is 89.3 Å². The lowest BCUT2D eigenvalue weighted by Gasteiger charge is -2.18. The van der Waals surface area contributed by atoms with Gasteiger partial charge in [-0.05, 0) is 13.0 Å². The third kappa shape index (κ3) is 4.00. The second kappa shape index (κ2) is 7.20. The van der Waals surface area contributed by atoms with E-state index in [4.69, 9.17) is 4.74 Å². The van der Waals surface area contributed by atoms with Crippen LogP contribution in [0.25, 0.3) is 0 Å². The molecule has 2 unspecified atom stereocenters. The van der Waals surface area contributed by atoms with Gasteiger partial charge in [-0.3, -0.25) is 4.79 Å². The Hall–Kier alpha value is -1.47. The number of aromatic nitrogens is 2. The number of carbonyl (C=O) groups excluding carboxylic acids is 1. The first kappa shape index (κ1) is 14.0. The second-order valence-electron chi connectivity index (χ2n) is 4.59. The van der Waals surface area contributed by atoms with Crippen molar-refractivity contribution in [3.63, 3.8) is 0 Å². The molecule has 0 bridgehead atoms. The number of ether oxygens (including phenoxy) is 1. The van der Waals surface area contributed by atoms with Gasteiger partial charge in [0.05, 0.1) is 19.1 Å². The van der Waals surface area contributed by atoms with E-state index in [0.717, 1.165) is 13.0 Å². The molecule has 2 N–H and O–H groups in total. The summed E-state index contributed by atoms with van der Waals surface area (Å²) in [4.78, 5) is 16.0. The van der Waals surface area contributed by atoms with E-state index in [9.17, 15) is 4.79 Å². The Kier molecular flexibility index (Phi) is 5.29. The molecule has 1 aliphatic rings. The van der Waals surface area contributed by atoms with Gasteiger partial charge in [0.2, 0.25) is 12.3 Å². The molecule has 2 rings (SSSR count).